The number of hydrogen-bond donors (Lipinski definition) is 1. The van der Waals surface area contributed by atoms with E-state index in [9.17, 15) is 9.36 Å². The van der Waals surface area contributed by atoms with Crippen molar-refractivity contribution >= 4 is 42.6 Å². The first kappa shape index (κ1) is 34.5. The van der Waals surface area contributed by atoms with Crippen LogP contribution < -0.4 is 29.6 Å². The standard InChI is InChI=1S/C33H44NO6PSSi/c1-8-39-41(36,42-23-21-34-26(2)35)22-15-16-27-24-30(37-6)32(31(25-27)38-7)40-43(33(3,4)5,28-17-11-9-12-18-28)29-19-13-10-14-20-29/h9-15,17-20,22,24-25H,8,16,21,23H2,1-7H3,(H,34,35)/b22-15+. The van der Waals surface area contributed by atoms with Gasteiger partial charge in [-0.25, -0.2) is 0 Å². The number of rotatable bonds is 15. The van der Waals surface area contributed by atoms with Crippen molar-refractivity contribution in [2.75, 3.05) is 33.1 Å². The number of hydrogen-bond acceptors (Lipinski definition) is 7. The van der Waals surface area contributed by atoms with Crippen molar-refractivity contribution in [3.63, 3.8) is 0 Å². The Morgan fingerprint density at radius 3 is 1.93 bits per heavy atom. The lowest BCUT2D eigenvalue weighted by molar-refractivity contribution is -0.118. The summed E-state index contributed by atoms with van der Waals surface area (Å²) < 4.78 is 38.0. The third-order valence-corrected chi connectivity index (χ3v) is 16.1. The average Bonchev–Trinajstić information content (AvgIpc) is 2.98. The molecule has 1 atom stereocenters. The number of ether oxygens (including phenoxy) is 2. The first-order chi connectivity index (χ1) is 20.5. The second-order valence-corrected chi connectivity index (χ2v) is 19.8. The van der Waals surface area contributed by atoms with E-state index in [0.717, 1.165) is 15.9 Å². The quantitative estimate of drug-likeness (QED) is 0.111. The van der Waals surface area contributed by atoms with Gasteiger partial charge in [0.2, 0.25) is 5.91 Å². The lowest BCUT2D eigenvalue weighted by atomic mass is 10.1. The van der Waals surface area contributed by atoms with Crippen LogP contribution in [0.1, 0.15) is 40.2 Å². The number of carbonyl (C=O) groups excluding carboxylic acids is 1. The van der Waals surface area contributed by atoms with Gasteiger partial charge in [-0.1, -0.05) is 98.9 Å². The van der Waals surface area contributed by atoms with E-state index in [2.05, 4.69) is 74.6 Å². The van der Waals surface area contributed by atoms with Crippen LogP contribution in [0.5, 0.6) is 17.2 Å². The maximum Gasteiger partial charge on any atom is 0.320 e. The summed E-state index contributed by atoms with van der Waals surface area (Å²) in [4.78, 5) is 11.2. The van der Waals surface area contributed by atoms with Gasteiger partial charge in [0, 0.05) is 25.0 Å². The molecule has 0 fully saturated rings. The summed E-state index contributed by atoms with van der Waals surface area (Å²) in [7, 11) is 0.311. The molecule has 0 aliphatic heterocycles. The Bertz CT molecular complexity index is 1350. The zero-order valence-corrected chi connectivity index (χ0v) is 28.9. The Balaban J connectivity index is 2.00. The molecule has 43 heavy (non-hydrogen) atoms. The number of allylic oxidation sites excluding steroid dienone is 1. The summed E-state index contributed by atoms with van der Waals surface area (Å²) in [5.74, 6) is 3.69. The van der Waals surface area contributed by atoms with Crippen molar-refractivity contribution in [3.05, 3.63) is 90.3 Å². The zero-order valence-electron chi connectivity index (χ0n) is 26.2. The van der Waals surface area contributed by atoms with Crippen LogP contribution in [0.25, 0.3) is 0 Å². The van der Waals surface area contributed by atoms with E-state index in [1.165, 1.54) is 18.3 Å². The smallest absolute Gasteiger partial charge is 0.320 e. The summed E-state index contributed by atoms with van der Waals surface area (Å²) in [5.41, 5.74) is 0.908. The molecule has 3 aromatic rings. The number of nitrogens with one attached hydrogen (secondary N) is 1. The first-order valence-electron chi connectivity index (χ1n) is 14.4. The molecule has 0 saturated heterocycles. The van der Waals surface area contributed by atoms with Crippen LogP contribution in [0.3, 0.4) is 0 Å². The van der Waals surface area contributed by atoms with Gasteiger partial charge in [-0.2, -0.15) is 0 Å². The Morgan fingerprint density at radius 2 is 1.49 bits per heavy atom. The van der Waals surface area contributed by atoms with Gasteiger partial charge in [0.05, 0.1) is 20.8 Å². The first-order valence-corrected chi connectivity index (χ1v) is 19.5. The van der Waals surface area contributed by atoms with Crippen LogP contribution in [0.15, 0.2) is 84.7 Å². The molecule has 0 aliphatic rings. The van der Waals surface area contributed by atoms with Gasteiger partial charge in [0.25, 0.3) is 6.57 Å². The maximum absolute atomic E-state index is 13.3. The fourth-order valence-electron chi connectivity index (χ4n) is 4.98. The highest BCUT2D eigenvalue weighted by Gasteiger charge is 2.52. The molecule has 3 rings (SSSR count). The van der Waals surface area contributed by atoms with Crippen LogP contribution in [-0.2, 0) is 20.3 Å². The van der Waals surface area contributed by atoms with E-state index in [0.29, 0.717) is 42.6 Å². The predicted octanol–water partition coefficient (Wildman–Crippen LogP) is 6.80. The molecule has 1 unspecified atom stereocenters. The Morgan fingerprint density at radius 1 is 0.953 bits per heavy atom. The van der Waals surface area contributed by atoms with Crippen LogP contribution in [0.2, 0.25) is 5.04 Å². The Labute approximate surface area is 261 Å². The van der Waals surface area contributed by atoms with E-state index in [4.69, 9.17) is 18.4 Å². The molecule has 0 bridgehead atoms. The summed E-state index contributed by atoms with van der Waals surface area (Å²) in [6, 6.07) is 24.7. The van der Waals surface area contributed by atoms with Gasteiger partial charge in [0.15, 0.2) is 17.2 Å². The molecule has 3 aromatic carbocycles. The number of carbonyl (C=O) groups is 1. The summed E-state index contributed by atoms with van der Waals surface area (Å²) in [6.45, 7) is 7.62. The highest BCUT2D eigenvalue weighted by molar-refractivity contribution is 8.57. The molecule has 7 nitrogen and oxygen atoms in total. The predicted molar refractivity (Wildman–Crippen MR) is 181 cm³/mol. The van der Waals surface area contributed by atoms with Gasteiger partial charge in [-0.15, -0.1) is 0 Å². The van der Waals surface area contributed by atoms with Crippen molar-refractivity contribution in [2.24, 2.45) is 0 Å². The van der Waals surface area contributed by atoms with Crippen LogP contribution in [0, 0.1) is 0 Å². The number of benzene rings is 3. The minimum atomic E-state index is -3.07. The van der Waals surface area contributed by atoms with Crippen LogP contribution in [0.4, 0.5) is 0 Å². The molecule has 0 spiro atoms. The minimum Gasteiger partial charge on any atom is -0.529 e. The SMILES string of the molecule is CCOP(=O)(/C=C/Cc1cc(OC)c(O[Si](c2ccccc2)(c2ccccc2)C(C)(C)C)c(OC)c1)SCCNC(C)=O. The van der Waals surface area contributed by atoms with E-state index >= 15 is 0 Å². The lowest BCUT2D eigenvalue weighted by Crippen LogP contribution is -2.68. The fourth-order valence-corrected chi connectivity index (χ4v) is 12.9. The van der Waals surface area contributed by atoms with Gasteiger partial charge >= 0.3 is 8.32 Å². The minimum absolute atomic E-state index is 0.118. The van der Waals surface area contributed by atoms with Crippen LogP contribution in [-0.4, -0.2) is 47.3 Å². The summed E-state index contributed by atoms with van der Waals surface area (Å²) >= 11 is 1.21. The van der Waals surface area contributed by atoms with Gasteiger partial charge in [-0.05, 0) is 46.5 Å². The molecule has 0 aromatic heterocycles. The normalized spacial score (nSPS) is 13.4. The molecular formula is C33H44NO6PSSi. The fraction of sp³-hybridized carbons (Fsp3) is 0.364. The third kappa shape index (κ3) is 8.79. The maximum atomic E-state index is 13.3. The second-order valence-electron chi connectivity index (χ2n) is 11.0. The van der Waals surface area contributed by atoms with Crippen LogP contribution >= 0.6 is 18.0 Å². The third-order valence-electron chi connectivity index (χ3n) is 6.89. The second kappa shape index (κ2) is 15.7. The highest BCUT2D eigenvalue weighted by Crippen LogP contribution is 2.60. The summed E-state index contributed by atoms with van der Waals surface area (Å²) in [5, 5.41) is 4.77. The highest BCUT2D eigenvalue weighted by atomic mass is 32.7. The molecule has 0 radical (unpaired) electrons. The summed E-state index contributed by atoms with van der Waals surface area (Å²) in [6.07, 6.45) is 2.33. The number of methoxy groups -OCH3 is 2. The zero-order chi connectivity index (χ0) is 31.5. The van der Waals surface area contributed by atoms with E-state index in [-0.39, 0.29) is 10.9 Å². The lowest BCUT2D eigenvalue weighted by Gasteiger charge is -2.43. The Kier molecular flexibility index (Phi) is 12.6. The average molecular weight is 642 g/mol. The topological polar surface area (TPSA) is 83.1 Å². The van der Waals surface area contributed by atoms with Crippen molar-refractivity contribution in [1.82, 2.24) is 5.32 Å². The van der Waals surface area contributed by atoms with Crippen molar-refractivity contribution in [3.8, 4) is 17.2 Å². The molecule has 1 amide bonds. The molecule has 1 N–H and O–H groups in total. The van der Waals surface area contributed by atoms with E-state index in [1.54, 1.807) is 20.0 Å². The Hall–Kier alpha value is -2.97. The molecule has 0 aliphatic carbocycles. The van der Waals surface area contributed by atoms with Gasteiger partial charge in [-0.3, -0.25) is 9.36 Å². The molecule has 232 valence electrons. The largest absolute Gasteiger partial charge is 0.529 e. The van der Waals surface area contributed by atoms with Crippen molar-refractivity contribution in [1.29, 1.82) is 0 Å². The van der Waals surface area contributed by atoms with E-state index < -0.39 is 14.9 Å². The monoisotopic (exact) mass is 641 g/mol. The number of amides is 1. The van der Waals surface area contributed by atoms with Gasteiger partial charge < -0.3 is 23.7 Å². The molecule has 0 heterocycles. The molecular weight excluding hydrogens is 597 g/mol. The van der Waals surface area contributed by atoms with Crippen molar-refractivity contribution < 1.29 is 27.8 Å². The van der Waals surface area contributed by atoms with E-state index in [1.807, 2.05) is 37.3 Å². The van der Waals surface area contributed by atoms with Crippen molar-refractivity contribution in [2.45, 2.75) is 46.1 Å². The van der Waals surface area contributed by atoms with Gasteiger partial charge in [0.1, 0.15) is 0 Å². The molecule has 10 heteroatoms. The molecule has 0 saturated carbocycles.